The first-order valence-electron chi connectivity index (χ1n) is 9.14. The van der Waals surface area contributed by atoms with Gasteiger partial charge in [0, 0.05) is 18.7 Å². The molecule has 3 nitrogen and oxygen atoms in total. The standard InChI is InChI=1S/C22H27NO2/c1-17-4-3-13-23(14-17)15-19-5-7-20(8-6-19)16-25-22-11-9-21(10-12-22)18(2)24/h5-12,17H,3-4,13-16H2,1-2H3. The van der Waals surface area contributed by atoms with Crippen molar-refractivity contribution in [2.45, 2.75) is 39.8 Å². The van der Waals surface area contributed by atoms with Crippen LogP contribution in [0.5, 0.6) is 5.75 Å². The first-order valence-corrected chi connectivity index (χ1v) is 9.14. The molecule has 1 fully saturated rings. The van der Waals surface area contributed by atoms with Gasteiger partial charge in [-0.15, -0.1) is 0 Å². The first-order chi connectivity index (χ1) is 12.1. The summed E-state index contributed by atoms with van der Waals surface area (Å²) in [7, 11) is 0. The molecule has 1 atom stereocenters. The summed E-state index contributed by atoms with van der Waals surface area (Å²) in [5.41, 5.74) is 3.24. The van der Waals surface area contributed by atoms with Crippen molar-refractivity contribution >= 4 is 5.78 Å². The van der Waals surface area contributed by atoms with Crippen LogP contribution in [0.2, 0.25) is 0 Å². The number of likely N-dealkylation sites (tertiary alicyclic amines) is 1. The van der Waals surface area contributed by atoms with Crippen molar-refractivity contribution in [2.24, 2.45) is 5.92 Å². The van der Waals surface area contributed by atoms with Crippen LogP contribution >= 0.6 is 0 Å². The summed E-state index contributed by atoms with van der Waals surface area (Å²) in [5, 5.41) is 0. The number of benzene rings is 2. The Hall–Kier alpha value is -2.13. The van der Waals surface area contributed by atoms with Crippen molar-refractivity contribution < 1.29 is 9.53 Å². The topological polar surface area (TPSA) is 29.5 Å². The highest BCUT2D eigenvalue weighted by Crippen LogP contribution is 2.19. The second-order valence-electron chi connectivity index (χ2n) is 7.17. The summed E-state index contributed by atoms with van der Waals surface area (Å²) >= 11 is 0. The molecule has 0 radical (unpaired) electrons. The van der Waals surface area contributed by atoms with Crippen LogP contribution in [0.3, 0.4) is 0 Å². The van der Waals surface area contributed by atoms with Crippen LogP contribution in [-0.4, -0.2) is 23.8 Å². The minimum Gasteiger partial charge on any atom is -0.489 e. The van der Waals surface area contributed by atoms with E-state index < -0.39 is 0 Å². The van der Waals surface area contributed by atoms with E-state index >= 15 is 0 Å². The van der Waals surface area contributed by atoms with Crippen LogP contribution < -0.4 is 4.74 Å². The zero-order valence-corrected chi connectivity index (χ0v) is 15.2. The van der Waals surface area contributed by atoms with E-state index in [0.29, 0.717) is 12.2 Å². The number of hydrogen-bond donors (Lipinski definition) is 0. The molecule has 1 saturated heterocycles. The summed E-state index contributed by atoms with van der Waals surface area (Å²) in [6.07, 6.45) is 2.68. The van der Waals surface area contributed by atoms with Crippen LogP contribution in [0.25, 0.3) is 0 Å². The minimum absolute atomic E-state index is 0.0743. The van der Waals surface area contributed by atoms with E-state index in [2.05, 4.69) is 36.1 Å². The summed E-state index contributed by atoms with van der Waals surface area (Å²) in [4.78, 5) is 13.8. The maximum atomic E-state index is 11.3. The average molecular weight is 337 g/mol. The van der Waals surface area contributed by atoms with E-state index in [4.69, 9.17) is 4.74 Å². The monoisotopic (exact) mass is 337 g/mol. The largest absolute Gasteiger partial charge is 0.489 e. The lowest BCUT2D eigenvalue weighted by Gasteiger charge is -2.30. The summed E-state index contributed by atoms with van der Waals surface area (Å²) in [6.45, 7) is 7.92. The lowest BCUT2D eigenvalue weighted by Crippen LogP contribution is -2.33. The highest BCUT2D eigenvalue weighted by molar-refractivity contribution is 5.94. The Balaban J connectivity index is 1.51. The second kappa shape index (κ2) is 8.30. The van der Waals surface area contributed by atoms with E-state index in [0.717, 1.165) is 23.8 Å². The normalized spacial score (nSPS) is 18.1. The van der Waals surface area contributed by atoms with Crippen molar-refractivity contribution in [3.8, 4) is 5.75 Å². The van der Waals surface area contributed by atoms with Gasteiger partial charge in [0.15, 0.2) is 5.78 Å². The van der Waals surface area contributed by atoms with Gasteiger partial charge in [0.05, 0.1) is 0 Å². The average Bonchev–Trinajstić information content (AvgIpc) is 2.61. The third kappa shape index (κ3) is 5.17. The predicted molar refractivity (Wildman–Crippen MR) is 101 cm³/mol. The molecule has 2 aromatic carbocycles. The fraction of sp³-hybridized carbons (Fsp3) is 0.409. The summed E-state index contributed by atoms with van der Waals surface area (Å²) in [6, 6.07) is 16.0. The van der Waals surface area contributed by atoms with Crippen LogP contribution in [0.15, 0.2) is 48.5 Å². The molecule has 1 aliphatic rings. The highest BCUT2D eigenvalue weighted by Gasteiger charge is 2.16. The Labute approximate surface area is 150 Å². The van der Waals surface area contributed by atoms with Crippen molar-refractivity contribution in [3.63, 3.8) is 0 Å². The maximum Gasteiger partial charge on any atom is 0.159 e. The molecule has 0 aliphatic carbocycles. The van der Waals surface area contributed by atoms with Crippen molar-refractivity contribution in [1.82, 2.24) is 4.90 Å². The van der Waals surface area contributed by atoms with Crippen LogP contribution in [0.4, 0.5) is 0 Å². The third-order valence-corrected chi connectivity index (χ3v) is 4.84. The number of carbonyl (C=O) groups is 1. The number of Topliss-reactive ketones (excluding diaryl/α,β-unsaturated/α-hetero) is 1. The predicted octanol–water partition coefficient (Wildman–Crippen LogP) is 4.70. The van der Waals surface area contributed by atoms with E-state index in [1.807, 2.05) is 12.1 Å². The van der Waals surface area contributed by atoms with E-state index in [-0.39, 0.29) is 5.78 Å². The minimum atomic E-state index is 0.0743. The molecule has 0 aromatic heterocycles. The van der Waals surface area contributed by atoms with Gasteiger partial charge in [-0.25, -0.2) is 0 Å². The van der Waals surface area contributed by atoms with Crippen molar-refractivity contribution in [1.29, 1.82) is 0 Å². The number of ether oxygens (including phenoxy) is 1. The molecular weight excluding hydrogens is 310 g/mol. The number of rotatable bonds is 6. The van der Waals surface area contributed by atoms with Crippen LogP contribution in [0.1, 0.15) is 48.2 Å². The number of piperidine rings is 1. The molecule has 0 amide bonds. The fourth-order valence-corrected chi connectivity index (χ4v) is 3.38. The number of hydrogen-bond acceptors (Lipinski definition) is 3. The molecule has 0 spiro atoms. The van der Waals surface area contributed by atoms with Crippen molar-refractivity contribution in [2.75, 3.05) is 13.1 Å². The number of carbonyl (C=O) groups excluding carboxylic acids is 1. The van der Waals surface area contributed by atoms with Gasteiger partial charge in [-0.3, -0.25) is 9.69 Å². The Bertz CT molecular complexity index is 691. The van der Waals surface area contributed by atoms with E-state index in [1.54, 1.807) is 19.1 Å². The molecule has 1 aliphatic heterocycles. The zero-order valence-electron chi connectivity index (χ0n) is 15.2. The Morgan fingerprint density at radius 1 is 1.08 bits per heavy atom. The molecule has 1 heterocycles. The molecule has 132 valence electrons. The highest BCUT2D eigenvalue weighted by atomic mass is 16.5. The van der Waals surface area contributed by atoms with Gasteiger partial charge in [0.1, 0.15) is 12.4 Å². The zero-order chi connectivity index (χ0) is 17.6. The Morgan fingerprint density at radius 3 is 2.40 bits per heavy atom. The van der Waals surface area contributed by atoms with Gasteiger partial charge in [-0.2, -0.15) is 0 Å². The van der Waals surface area contributed by atoms with Crippen molar-refractivity contribution in [3.05, 3.63) is 65.2 Å². The van der Waals surface area contributed by atoms with Gasteiger partial charge in [-0.05, 0) is 67.6 Å². The van der Waals surface area contributed by atoms with E-state index in [1.165, 1.54) is 31.5 Å². The quantitative estimate of drug-likeness (QED) is 0.716. The molecule has 1 unspecified atom stereocenters. The summed E-state index contributed by atoms with van der Waals surface area (Å²) < 4.78 is 5.81. The first kappa shape index (κ1) is 17.7. The second-order valence-corrected chi connectivity index (χ2v) is 7.17. The number of ketones is 1. The smallest absolute Gasteiger partial charge is 0.159 e. The number of nitrogens with zero attached hydrogens (tertiary/aromatic N) is 1. The molecule has 0 N–H and O–H groups in total. The molecule has 0 saturated carbocycles. The lowest BCUT2D eigenvalue weighted by atomic mass is 10.00. The fourth-order valence-electron chi connectivity index (χ4n) is 3.38. The van der Waals surface area contributed by atoms with Gasteiger partial charge in [0.25, 0.3) is 0 Å². The van der Waals surface area contributed by atoms with E-state index in [9.17, 15) is 4.79 Å². The molecule has 0 bridgehead atoms. The van der Waals surface area contributed by atoms with Gasteiger partial charge in [-0.1, -0.05) is 31.2 Å². The molecule has 3 rings (SSSR count). The molecular formula is C22H27NO2. The lowest BCUT2D eigenvalue weighted by molar-refractivity contribution is 0.101. The SMILES string of the molecule is CC(=O)c1ccc(OCc2ccc(CN3CCCC(C)C3)cc2)cc1. The van der Waals surface area contributed by atoms with Crippen LogP contribution in [0, 0.1) is 5.92 Å². The molecule has 25 heavy (non-hydrogen) atoms. The third-order valence-electron chi connectivity index (χ3n) is 4.84. The molecule has 2 aromatic rings. The van der Waals surface area contributed by atoms with Gasteiger partial charge < -0.3 is 4.74 Å². The van der Waals surface area contributed by atoms with Gasteiger partial charge in [0.2, 0.25) is 0 Å². The van der Waals surface area contributed by atoms with Crippen LogP contribution in [-0.2, 0) is 13.2 Å². The maximum absolute atomic E-state index is 11.3. The van der Waals surface area contributed by atoms with Gasteiger partial charge >= 0.3 is 0 Å². The Kier molecular flexibility index (Phi) is 5.87. The molecule has 3 heteroatoms. The summed E-state index contributed by atoms with van der Waals surface area (Å²) in [5.74, 6) is 1.68. The Morgan fingerprint density at radius 2 is 1.76 bits per heavy atom.